The van der Waals surface area contributed by atoms with Crippen molar-refractivity contribution in [3.8, 4) is 17.2 Å². The van der Waals surface area contributed by atoms with Gasteiger partial charge in [0, 0.05) is 78.8 Å². The van der Waals surface area contributed by atoms with E-state index in [1.807, 2.05) is 61.2 Å². The van der Waals surface area contributed by atoms with Crippen LogP contribution in [0.4, 0.5) is 68.2 Å². The SMILES string of the molecule is CC(C)c1cc(N(c2ccccc2)c2cccnc2)c2cc3c4c(cc(N(c5ccccc5)c5cccnc5)c5ccc1c2c54)CCC3(C)C.COc1ccc(N(c2ccc(C)cc2)c2cc(C(C)C)c3ccc4c(N(c5ccc(OC)cc5)c5ccc(OC)cc5)cc5c6c(cc2c3c46)C(C)(C)CC5)cc1. The van der Waals surface area contributed by atoms with E-state index in [9.17, 15) is 0 Å². The van der Waals surface area contributed by atoms with Gasteiger partial charge in [0.15, 0.2) is 0 Å². The fraction of sp³-hybridized carbons (Fsp3) is 0.204. The summed E-state index contributed by atoms with van der Waals surface area (Å²) in [5.41, 5.74) is 23.0. The molecule has 0 amide bonds. The van der Waals surface area contributed by atoms with Crippen molar-refractivity contribution in [1.29, 1.82) is 0 Å². The Morgan fingerprint density at radius 2 is 0.636 bits per heavy atom. The first-order valence-electron chi connectivity index (χ1n) is 37.7. The normalized spacial score (nSPS) is 13.6. The molecule has 0 saturated heterocycles. The molecule has 0 unspecified atom stereocenters. The van der Waals surface area contributed by atoms with Crippen LogP contribution in [0, 0.1) is 6.92 Å². The van der Waals surface area contributed by atoms with Crippen molar-refractivity contribution in [1.82, 2.24) is 9.97 Å². The van der Waals surface area contributed by atoms with Gasteiger partial charge in [-0.25, -0.2) is 0 Å². The van der Waals surface area contributed by atoms with Gasteiger partial charge in [-0.05, 0) is 291 Å². The van der Waals surface area contributed by atoms with E-state index in [1.165, 1.54) is 121 Å². The van der Waals surface area contributed by atoms with Crippen molar-refractivity contribution in [2.24, 2.45) is 0 Å². The zero-order chi connectivity index (χ0) is 73.6. The molecule has 0 fully saturated rings. The molecule has 2 heterocycles. The summed E-state index contributed by atoms with van der Waals surface area (Å²) in [5, 5.41) is 15.9. The molecule has 2 aliphatic rings. The topological polar surface area (TPSA) is 66.4 Å². The molecule has 0 atom stereocenters. The Bertz CT molecular complexity index is 5820. The van der Waals surface area contributed by atoms with Crippen LogP contribution in [0.15, 0.2) is 267 Å². The minimum absolute atomic E-state index is 0.0175. The van der Waals surface area contributed by atoms with E-state index in [1.54, 1.807) is 21.3 Å². The average molecular weight is 1400 g/mol. The quantitative estimate of drug-likeness (QED) is 0.0830. The van der Waals surface area contributed by atoms with E-state index < -0.39 is 0 Å². The van der Waals surface area contributed by atoms with Gasteiger partial charge in [-0.2, -0.15) is 0 Å². The number of aryl methyl sites for hydroxylation is 3. The lowest BCUT2D eigenvalue weighted by Crippen LogP contribution is -2.24. The first-order chi connectivity index (χ1) is 52.0. The van der Waals surface area contributed by atoms with E-state index in [0.29, 0.717) is 11.8 Å². The highest BCUT2D eigenvalue weighted by Crippen LogP contribution is 2.58. The summed E-state index contributed by atoms with van der Waals surface area (Å²) in [6.07, 6.45) is 11.9. The average Bonchev–Trinajstić information content (AvgIpc) is 0.697. The lowest BCUT2D eigenvalue weighted by Gasteiger charge is -2.37. The second kappa shape index (κ2) is 27.2. The zero-order valence-corrected chi connectivity index (χ0v) is 63.3. The van der Waals surface area contributed by atoms with Gasteiger partial charge in [-0.1, -0.05) is 134 Å². The molecule has 0 N–H and O–H groups in total. The highest BCUT2D eigenvalue weighted by Gasteiger charge is 2.37. The number of nitrogens with zero attached hydrogens (tertiary/aromatic N) is 6. The van der Waals surface area contributed by atoms with E-state index in [2.05, 4.69) is 298 Å². The number of benzene rings is 14. The first kappa shape index (κ1) is 68.2. The molecule has 0 spiro atoms. The van der Waals surface area contributed by atoms with Crippen molar-refractivity contribution in [2.45, 2.75) is 111 Å². The second-order valence-corrected chi connectivity index (χ2v) is 31.0. The second-order valence-electron chi connectivity index (χ2n) is 31.0. The molecule has 0 aliphatic heterocycles. The number of pyridine rings is 2. The largest absolute Gasteiger partial charge is 0.497 e. The van der Waals surface area contributed by atoms with Crippen molar-refractivity contribution < 1.29 is 14.2 Å². The third-order valence-corrected chi connectivity index (χ3v) is 23.0. The number of methoxy groups -OCH3 is 3. The Hall–Kier alpha value is -11.9. The number of rotatable bonds is 17. The number of ether oxygens (including phenoxy) is 3. The van der Waals surface area contributed by atoms with Crippen LogP contribution >= 0.6 is 0 Å². The number of para-hydroxylation sites is 2. The van der Waals surface area contributed by atoms with E-state index in [0.717, 1.165) is 94.1 Å². The molecule has 2 aliphatic carbocycles. The van der Waals surface area contributed by atoms with Gasteiger partial charge in [-0.15, -0.1) is 0 Å². The minimum atomic E-state index is -0.0181. The van der Waals surface area contributed by atoms with Gasteiger partial charge in [-0.3, -0.25) is 9.97 Å². The van der Waals surface area contributed by atoms with Crippen LogP contribution in [0.25, 0.3) is 64.6 Å². The van der Waals surface area contributed by atoms with E-state index in [-0.39, 0.29) is 10.8 Å². The lowest BCUT2D eigenvalue weighted by atomic mass is 9.70. The van der Waals surface area contributed by atoms with Crippen LogP contribution in [-0.4, -0.2) is 31.3 Å². The standard InChI is InChI=1S/C52H50N2O3.C46H40N4/c1-32(2)44-31-48(54(35-11-9-33(3)10-12-35)38-17-23-41(57-8)24-18-38)45-30-46-49-34(27-28-52(46,4)5)29-47(43-26-25-42(44)50(45)51(43)49)53(36-13-19-39(55-6)20-14-36)37-15-21-40(56-7)22-16-37;1-30(2)38-27-42(50(33-15-9-6-10-16-33)35-18-12-24-48-29-35)39-26-40-43-31(21-22-46(40,3)4)25-41(37-20-19-36(38)44(39)45(37)43)49(32-13-7-5-8-14-32)34-17-11-23-47-28-34/h9-26,29-32H,27-28H2,1-8H3;5-20,23-30H,21-22H2,1-4H3. The third-order valence-electron chi connectivity index (χ3n) is 23.0. The molecule has 107 heavy (non-hydrogen) atoms. The molecule has 0 radical (unpaired) electrons. The van der Waals surface area contributed by atoms with Crippen LogP contribution in [-0.2, 0) is 23.7 Å². The number of hydrogen-bond acceptors (Lipinski definition) is 9. The smallest absolute Gasteiger partial charge is 0.119 e. The monoisotopic (exact) mass is 1400 g/mol. The number of anilines is 12. The summed E-state index contributed by atoms with van der Waals surface area (Å²) in [5.74, 6) is 3.11. The Balaban J connectivity index is 0.000000158. The fourth-order valence-electron chi connectivity index (χ4n) is 17.4. The maximum Gasteiger partial charge on any atom is 0.119 e. The van der Waals surface area contributed by atoms with Gasteiger partial charge in [0.2, 0.25) is 0 Å². The van der Waals surface area contributed by atoms with E-state index in [4.69, 9.17) is 14.2 Å². The molecule has 530 valence electrons. The Kier molecular flexibility index (Phi) is 17.3. The van der Waals surface area contributed by atoms with Gasteiger partial charge in [0.1, 0.15) is 17.2 Å². The summed E-state index contributed by atoms with van der Waals surface area (Å²) < 4.78 is 16.9. The lowest BCUT2D eigenvalue weighted by molar-refractivity contribution is 0.414. The molecule has 18 rings (SSSR count). The highest BCUT2D eigenvalue weighted by atomic mass is 16.5. The van der Waals surface area contributed by atoms with Crippen LogP contribution in [0.5, 0.6) is 17.2 Å². The van der Waals surface area contributed by atoms with Crippen molar-refractivity contribution in [2.75, 3.05) is 40.9 Å². The fourth-order valence-corrected chi connectivity index (χ4v) is 17.4. The van der Waals surface area contributed by atoms with E-state index >= 15 is 0 Å². The van der Waals surface area contributed by atoms with Crippen LogP contribution in [0.2, 0.25) is 0 Å². The number of hydrogen-bond donors (Lipinski definition) is 0. The maximum atomic E-state index is 5.63. The Labute approximate surface area is 628 Å². The van der Waals surface area contributed by atoms with Gasteiger partial charge in [0.25, 0.3) is 0 Å². The highest BCUT2D eigenvalue weighted by molar-refractivity contribution is 6.32. The van der Waals surface area contributed by atoms with Gasteiger partial charge in [0.05, 0.1) is 67.8 Å². The molecule has 16 aromatic rings. The van der Waals surface area contributed by atoms with Crippen LogP contribution in [0.1, 0.15) is 119 Å². The Morgan fingerprint density at radius 1 is 0.318 bits per heavy atom. The van der Waals surface area contributed by atoms with Crippen LogP contribution < -0.4 is 33.8 Å². The molecular formula is C98H90N6O3. The summed E-state index contributed by atoms with van der Waals surface area (Å²) in [4.78, 5) is 18.8. The molecular weight excluding hydrogens is 1310 g/mol. The zero-order valence-electron chi connectivity index (χ0n) is 63.3. The van der Waals surface area contributed by atoms with Crippen LogP contribution in [0.3, 0.4) is 0 Å². The van der Waals surface area contributed by atoms with Crippen molar-refractivity contribution in [3.05, 3.63) is 306 Å². The van der Waals surface area contributed by atoms with Gasteiger partial charge >= 0.3 is 0 Å². The number of aromatic nitrogens is 2. The molecule has 0 saturated carbocycles. The predicted molar refractivity (Wildman–Crippen MR) is 450 cm³/mol. The molecule has 9 heteroatoms. The maximum absolute atomic E-state index is 5.63. The minimum Gasteiger partial charge on any atom is -0.497 e. The summed E-state index contributed by atoms with van der Waals surface area (Å²) in [6, 6.07) is 88.6. The molecule has 0 bridgehead atoms. The summed E-state index contributed by atoms with van der Waals surface area (Å²) in [7, 11) is 5.16. The molecule has 2 aromatic heterocycles. The van der Waals surface area contributed by atoms with Gasteiger partial charge < -0.3 is 33.8 Å². The Morgan fingerprint density at radius 3 is 0.972 bits per heavy atom. The third kappa shape index (κ3) is 11.8. The molecule has 14 aromatic carbocycles. The molecule has 9 nitrogen and oxygen atoms in total. The van der Waals surface area contributed by atoms with Crippen molar-refractivity contribution in [3.63, 3.8) is 0 Å². The summed E-state index contributed by atoms with van der Waals surface area (Å²) in [6.45, 7) is 21.1. The predicted octanol–water partition coefficient (Wildman–Crippen LogP) is 26.9. The van der Waals surface area contributed by atoms with Crippen molar-refractivity contribution >= 4 is 133 Å². The first-order valence-corrected chi connectivity index (χ1v) is 37.7. The summed E-state index contributed by atoms with van der Waals surface area (Å²) >= 11 is 0.